The van der Waals surface area contributed by atoms with Gasteiger partial charge in [0.2, 0.25) is 5.95 Å². The molecule has 1 aliphatic rings. The van der Waals surface area contributed by atoms with E-state index < -0.39 is 41.0 Å². The number of aryl methyl sites for hydroxylation is 2. The number of alkyl carbamates (subject to hydrolysis) is 1. The van der Waals surface area contributed by atoms with Crippen molar-refractivity contribution in [2.45, 2.75) is 65.3 Å². The molecule has 44 heavy (non-hydrogen) atoms. The molecule has 1 saturated heterocycles. The average Bonchev–Trinajstić information content (AvgIpc) is 3.49. The number of piperidine rings is 1. The number of nitrogens with one attached hydrogen (secondary N) is 1. The van der Waals surface area contributed by atoms with Crippen molar-refractivity contribution < 1.29 is 18.7 Å². The fraction of sp³-hybridized carbons (Fsp3) is 0.467. The van der Waals surface area contributed by atoms with Crippen molar-refractivity contribution in [2.24, 2.45) is 14.1 Å². The second-order valence-electron chi connectivity index (χ2n) is 11.8. The minimum atomic E-state index is -0.718. The molecule has 1 amide bonds. The van der Waals surface area contributed by atoms with Crippen LogP contribution in [0.5, 0.6) is 0 Å². The Morgan fingerprint density at radius 3 is 2.57 bits per heavy atom. The molecule has 0 spiro atoms. The zero-order valence-electron chi connectivity index (χ0n) is 25.6. The molecule has 3 aromatic heterocycles. The second-order valence-corrected chi connectivity index (χ2v) is 11.8. The molecule has 14 nitrogen and oxygen atoms in total. The number of aromatic nitrogens is 5. The second kappa shape index (κ2) is 11.6. The summed E-state index contributed by atoms with van der Waals surface area (Å²) < 4.78 is 15.6. The number of oxazole rings is 1. The summed E-state index contributed by atoms with van der Waals surface area (Å²) in [7, 11) is 2.96. The number of amides is 1. The van der Waals surface area contributed by atoms with E-state index in [1.54, 1.807) is 44.4 Å². The van der Waals surface area contributed by atoms with E-state index in [2.05, 4.69) is 17.2 Å². The Bertz CT molecular complexity index is 2020. The topological polar surface area (TPSA) is 156 Å². The third-order valence-corrected chi connectivity index (χ3v) is 7.46. The molecule has 1 aromatic carbocycles. The number of nitrogens with zero attached hydrogens (tertiary/aromatic N) is 6. The van der Waals surface area contributed by atoms with Crippen LogP contribution in [0.15, 0.2) is 37.0 Å². The third kappa shape index (κ3) is 5.64. The number of imidazole rings is 1. The zero-order chi connectivity index (χ0) is 31.9. The molecule has 0 saturated carbocycles. The van der Waals surface area contributed by atoms with Gasteiger partial charge in [-0.15, -0.1) is 5.92 Å². The smallest absolute Gasteiger partial charge is 0.419 e. The van der Waals surface area contributed by atoms with Crippen LogP contribution in [0.4, 0.5) is 10.7 Å². The molecular formula is C30H35N7O7. The summed E-state index contributed by atoms with van der Waals surface area (Å²) in [6, 6.07) is 4.42. The summed E-state index contributed by atoms with van der Waals surface area (Å²) in [4.78, 5) is 72.1. The highest BCUT2D eigenvalue weighted by atomic mass is 16.6. The Balaban J connectivity index is 1.55. The third-order valence-electron chi connectivity index (χ3n) is 7.46. The van der Waals surface area contributed by atoms with Crippen LogP contribution in [0.1, 0.15) is 50.9 Å². The van der Waals surface area contributed by atoms with Crippen molar-refractivity contribution in [1.29, 1.82) is 0 Å². The summed E-state index contributed by atoms with van der Waals surface area (Å²) in [6.07, 6.45) is 0.951. The van der Waals surface area contributed by atoms with Crippen LogP contribution in [-0.2, 0) is 31.9 Å². The first kappa shape index (κ1) is 30.4. The van der Waals surface area contributed by atoms with Crippen LogP contribution >= 0.6 is 0 Å². The Morgan fingerprint density at radius 1 is 1.11 bits per heavy atom. The number of fused-ring (bicyclic) bond motifs is 2. The maximum absolute atomic E-state index is 13.9. The van der Waals surface area contributed by atoms with Crippen molar-refractivity contribution in [2.75, 3.05) is 18.0 Å². The molecule has 4 heterocycles. The SMILES string of the molecule is CC#CCn1c(N2CCC[C@@H](NC(=O)OC(C)(C)C)C2)nc2c1c(=O)n(CC(=O)c1cccc3oc(=O)n(C)c13)c(=O)n2C. The fourth-order valence-corrected chi connectivity index (χ4v) is 5.46. The molecular weight excluding hydrogens is 570 g/mol. The summed E-state index contributed by atoms with van der Waals surface area (Å²) in [6.45, 7) is 7.61. The van der Waals surface area contributed by atoms with Crippen LogP contribution in [0.3, 0.4) is 0 Å². The predicted molar refractivity (Wildman–Crippen MR) is 163 cm³/mol. The van der Waals surface area contributed by atoms with Crippen LogP contribution in [0.25, 0.3) is 22.3 Å². The quantitative estimate of drug-likeness (QED) is 0.256. The molecule has 1 atom stereocenters. The Morgan fingerprint density at radius 2 is 1.86 bits per heavy atom. The number of carbonyl (C=O) groups is 2. The van der Waals surface area contributed by atoms with E-state index in [4.69, 9.17) is 14.1 Å². The molecule has 0 unspecified atom stereocenters. The normalized spacial score (nSPS) is 15.3. The Kier molecular flexibility index (Phi) is 7.98. The van der Waals surface area contributed by atoms with Crippen LogP contribution in [0.2, 0.25) is 0 Å². The first-order valence-corrected chi connectivity index (χ1v) is 14.3. The highest BCUT2D eigenvalue weighted by Gasteiger charge is 2.29. The van der Waals surface area contributed by atoms with Gasteiger partial charge in [-0.3, -0.25) is 27.9 Å². The molecule has 14 heteroatoms. The largest absolute Gasteiger partial charge is 0.444 e. The van der Waals surface area contributed by atoms with E-state index in [-0.39, 0.29) is 40.4 Å². The van der Waals surface area contributed by atoms with Gasteiger partial charge in [-0.1, -0.05) is 12.0 Å². The first-order chi connectivity index (χ1) is 20.8. The van der Waals surface area contributed by atoms with Gasteiger partial charge in [0.25, 0.3) is 5.56 Å². The van der Waals surface area contributed by atoms with Gasteiger partial charge in [0.1, 0.15) is 11.1 Å². The summed E-state index contributed by atoms with van der Waals surface area (Å²) in [5, 5.41) is 2.91. The minimum Gasteiger partial charge on any atom is -0.444 e. The lowest BCUT2D eigenvalue weighted by Gasteiger charge is -2.34. The lowest BCUT2D eigenvalue weighted by Crippen LogP contribution is -2.49. The van der Waals surface area contributed by atoms with Gasteiger partial charge in [-0.25, -0.2) is 14.4 Å². The van der Waals surface area contributed by atoms with Crippen LogP contribution < -0.4 is 27.2 Å². The number of hydrogen-bond donors (Lipinski definition) is 1. The van der Waals surface area contributed by atoms with E-state index >= 15 is 0 Å². The number of ether oxygens (including phenoxy) is 1. The van der Waals surface area contributed by atoms with E-state index in [1.165, 1.54) is 29.3 Å². The van der Waals surface area contributed by atoms with E-state index in [1.807, 2.05) is 4.90 Å². The van der Waals surface area contributed by atoms with Gasteiger partial charge < -0.3 is 19.4 Å². The Hall–Kier alpha value is -5.06. The van der Waals surface area contributed by atoms with Gasteiger partial charge in [0.15, 0.2) is 22.5 Å². The minimum absolute atomic E-state index is 0.112. The maximum atomic E-state index is 13.9. The zero-order valence-corrected chi connectivity index (χ0v) is 25.6. The number of ketones is 1. The lowest BCUT2D eigenvalue weighted by molar-refractivity contribution is 0.0499. The van der Waals surface area contributed by atoms with Gasteiger partial charge in [-0.2, -0.15) is 4.98 Å². The maximum Gasteiger partial charge on any atom is 0.419 e. The number of carbonyl (C=O) groups excluding carboxylic acids is 2. The highest BCUT2D eigenvalue weighted by Crippen LogP contribution is 2.24. The van der Waals surface area contributed by atoms with Gasteiger partial charge in [0.05, 0.1) is 13.1 Å². The van der Waals surface area contributed by atoms with Crippen molar-refractivity contribution in [3.05, 3.63) is 55.2 Å². The highest BCUT2D eigenvalue weighted by molar-refractivity contribution is 6.05. The summed E-state index contributed by atoms with van der Waals surface area (Å²) >= 11 is 0. The predicted octanol–water partition coefficient (Wildman–Crippen LogP) is 1.74. The van der Waals surface area contributed by atoms with E-state index in [9.17, 15) is 24.0 Å². The molecule has 0 aliphatic carbocycles. The molecule has 1 fully saturated rings. The number of rotatable bonds is 6. The molecule has 0 bridgehead atoms. The summed E-state index contributed by atoms with van der Waals surface area (Å²) in [5.74, 6) is 5.06. The van der Waals surface area contributed by atoms with E-state index in [0.29, 0.717) is 19.0 Å². The monoisotopic (exact) mass is 605 g/mol. The molecule has 4 aromatic rings. The van der Waals surface area contributed by atoms with Gasteiger partial charge in [-0.05, 0) is 52.7 Å². The number of para-hydroxylation sites is 1. The Labute approximate surface area is 251 Å². The molecule has 1 aliphatic heterocycles. The average molecular weight is 606 g/mol. The fourth-order valence-electron chi connectivity index (χ4n) is 5.46. The van der Waals surface area contributed by atoms with Gasteiger partial charge in [0, 0.05) is 38.8 Å². The van der Waals surface area contributed by atoms with Crippen molar-refractivity contribution in [3.63, 3.8) is 0 Å². The summed E-state index contributed by atoms with van der Waals surface area (Å²) in [5.41, 5.74) is -1.13. The van der Waals surface area contributed by atoms with Crippen molar-refractivity contribution in [3.8, 4) is 11.8 Å². The molecule has 1 N–H and O–H groups in total. The van der Waals surface area contributed by atoms with Crippen molar-refractivity contribution >= 4 is 40.1 Å². The van der Waals surface area contributed by atoms with Gasteiger partial charge >= 0.3 is 17.5 Å². The van der Waals surface area contributed by atoms with Crippen molar-refractivity contribution in [1.82, 2.24) is 28.6 Å². The van der Waals surface area contributed by atoms with Crippen LogP contribution in [-0.4, -0.2) is 59.9 Å². The standard InChI is InChI=1S/C30H35N7O7/c1-7-8-15-36-23-24(32-26(36)35-14-10-11-18(16-35)31-27(40)44-30(2,3)4)34(6)28(41)37(25(23)39)17-20(38)19-12-9-13-21-22(19)33(5)29(42)43-21/h9,12-13,18H,10-11,14-17H2,1-6H3,(H,31,40)/t18-/m1/s1. The number of benzene rings is 1. The molecule has 0 radical (unpaired) electrons. The number of hydrogen-bond acceptors (Lipinski definition) is 9. The number of Topliss-reactive ketones (excluding diaryl/α,β-unsaturated/α-hetero) is 1. The van der Waals surface area contributed by atoms with E-state index in [0.717, 1.165) is 17.4 Å². The molecule has 232 valence electrons. The lowest BCUT2D eigenvalue weighted by atomic mass is 10.1. The number of anilines is 1. The molecule has 5 rings (SSSR count). The van der Waals surface area contributed by atoms with Crippen LogP contribution in [0, 0.1) is 11.8 Å². The first-order valence-electron chi connectivity index (χ1n) is 14.3.